The second-order valence-corrected chi connectivity index (χ2v) is 5.53. The van der Waals surface area contributed by atoms with Gasteiger partial charge in [0.1, 0.15) is 11.6 Å². The average molecular weight is 383 g/mol. The summed E-state index contributed by atoms with van der Waals surface area (Å²) >= 11 is 0. The zero-order valence-corrected chi connectivity index (χ0v) is 15.2. The van der Waals surface area contributed by atoms with Crippen LogP contribution in [0.2, 0.25) is 0 Å². The van der Waals surface area contributed by atoms with Crippen LogP contribution in [0.25, 0.3) is 0 Å². The zero-order chi connectivity index (χ0) is 18.2. The van der Waals surface area contributed by atoms with Gasteiger partial charge in [0.15, 0.2) is 5.78 Å². The molecule has 2 aromatic carbocycles. The Morgan fingerprint density at radius 3 is 2.46 bits per heavy atom. The number of rotatable bonds is 8. The third-order valence-electron chi connectivity index (χ3n) is 3.67. The van der Waals surface area contributed by atoms with Crippen molar-refractivity contribution in [2.75, 3.05) is 11.9 Å². The fourth-order valence-corrected chi connectivity index (χ4v) is 2.35. The number of benzene rings is 2. The van der Waals surface area contributed by atoms with Crippen LogP contribution in [-0.2, 0) is 11.3 Å². The zero-order valence-electron chi connectivity index (χ0n) is 14.4. The van der Waals surface area contributed by atoms with Crippen molar-refractivity contribution >= 4 is 29.8 Å². The molecular weight excluding hydrogens is 362 g/mol. The standard InChI is InChI=1S/C19H20F2N2O2.ClH/c1-2-22-12-13-5-3-4-6-17(13)23-19(25)10-9-18(24)15-8-7-14(20)11-16(15)21;/h3-8,11,22H,2,9-10,12H2,1H3,(H,23,25);1H. The first-order chi connectivity index (χ1) is 12.0. The monoisotopic (exact) mass is 382 g/mol. The smallest absolute Gasteiger partial charge is 0.224 e. The van der Waals surface area contributed by atoms with Gasteiger partial charge in [-0.1, -0.05) is 25.1 Å². The minimum absolute atomic E-state index is 0. The Bertz CT molecular complexity index is 769. The highest BCUT2D eigenvalue weighted by molar-refractivity contribution is 6.00. The molecule has 140 valence electrons. The highest BCUT2D eigenvalue weighted by Gasteiger charge is 2.15. The van der Waals surface area contributed by atoms with E-state index in [1.54, 1.807) is 6.07 Å². The Kier molecular flexibility index (Phi) is 8.88. The molecule has 2 aromatic rings. The Morgan fingerprint density at radius 1 is 1.04 bits per heavy atom. The van der Waals surface area contributed by atoms with Gasteiger partial charge in [-0.15, -0.1) is 12.4 Å². The summed E-state index contributed by atoms with van der Waals surface area (Å²) in [5.74, 6) is -2.53. The molecule has 0 bridgehead atoms. The SMILES string of the molecule is CCNCc1ccccc1NC(=O)CCC(=O)c1ccc(F)cc1F.Cl. The molecular formula is C19H21ClF2N2O2. The van der Waals surface area contributed by atoms with Crippen LogP contribution in [-0.4, -0.2) is 18.2 Å². The van der Waals surface area contributed by atoms with Crippen molar-refractivity contribution in [3.63, 3.8) is 0 Å². The van der Waals surface area contributed by atoms with Gasteiger partial charge in [-0.25, -0.2) is 8.78 Å². The number of Topliss-reactive ketones (excluding diaryl/α,β-unsaturated/α-hetero) is 1. The summed E-state index contributed by atoms with van der Waals surface area (Å²) in [7, 11) is 0. The summed E-state index contributed by atoms with van der Waals surface area (Å²) in [5, 5.41) is 5.95. The first kappa shape index (κ1) is 21.7. The first-order valence-electron chi connectivity index (χ1n) is 8.08. The maximum atomic E-state index is 13.6. The van der Waals surface area contributed by atoms with Crippen LogP contribution in [0.5, 0.6) is 0 Å². The average Bonchev–Trinajstić information content (AvgIpc) is 2.59. The summed E-state index contributed by atoms with van der Waals surface area (Å²) in [6, 6.07) is 10.1. The lowest BCUT2D eigenvalue weighted by Crippen LogP contribution is -2.17. The number of nitrogens with one attached hydrogen (secondary N) is 2. The van der Waals surface area contributed by atoms with E-state index in [0.29, 0.717) is 18.3 Å². The van der Waals surface area contributed by atoms with E-state index in [4.69, 9.17) is 0 Å². The molecule has 0 spiro atoms. The van der Waals surface area contributed by atoms with Gasteiger partial charge in [-0.2, -0.15) is 0 Å². The highest BCUT2D eigenvalue weighted by atomic mass is 35.5. The molecule has 0 fully saturated rings. The van der Waals surface area contributed by atoms with E-state index in [-0.39, 0.29) is 36.7 Å². The van der Waals surface area contributed by atoms with Crippen LogP contribution in [0.15, 0.2) is 42.5 Å². The van der Waals surface area contributed by atoms with Crippen molar-refractivity contribution in [3.05, 3.63) is 65.2 Å². The Morgan fingerprint density at radius 2 is 1.77 bits per heavy atom. The molecule has 4 nitrogen and oxygen atoms in total. The van der Waals surface area contributed by atoms with Crippen molar-refractivity contribution in [1.82, 2.24) is 5.32 Å². The predicted molar refractivity (Wildman–Crippen MR) is 99.6 cm³/mol. The van der Waals surface area contributed by atoms with Crippen LogP contribution in [0.3, 0.4) is 0 Å². The fourth-order valence-electron chi connectivity index (χ4n) is 2.35. The van der Waals surface area contributed by atoms with Gasteiger partial charge >= 0.3 is 0 Å². The number of hydrogen-bond donors (Lipinski definition) is 2. The van der Waals surface area contributed by atoms with E-state index >= 15 is 0 Å². The molecule has 7 heteroatoms. The van der Waals surface area contributed by atoms with E-state index < -0.39 is 17.4 Å². The number of carbonyl (C=O) groups is 2. The minimum Gasteiger partial charge on any atom is -0.326 e. The number of ketones is 1. The minimum atomic E-state index is -0.915. The van der Waals surface area contributed by atoms with E-state index in [1.807, 2.05) is 25.1 Å². The lowest BCUT2D eigenvalue weighted by Gasteiger charge is -2.11. The topological polar surface area (TPSA) is 58.2 Å². The first-order valence-corrected chi connectivity index (χ1v) is 8.08. The maximum Gasteiger partial charge on any atom is 0.224 e. The molecule has 0 saturated heterocycles. The molecule has 0 atom stereocenters. The van der Waals surface area contributed by atoms with Gasteiger partial charge in [0, 0.05) is 31.1 Å². The lowest BCUT2D eigenvalue weighted by atomic mass is 10.1. The van der Waals surface area contributed by atoms with Crippen molar-refractivity contribution < 1.29 is 18.4 Å². The number of carbonyl (C=O) groups excluding carboxylic acids is 2. The van der Waals surface area contributed by atoms with Gasteiger partial charge in [0.25, 0.3) is 0 Å². The molecule has 2 rings (SSSR count). The van der Waals surface area contributed by atoms with Gasteiger partial charge in [-0.3, -0.25) is 9.59 Å². The van der Waals surface area contributed by atoms with Gasteiger partial charge in [-0.05, 0) is 30.3 Å². The van der Waals surface area contributed by atoms with Crippen molar-refractivity contribution in [2.24, 2.45) is 0 Å². The fraction of sp³-hybridized carbons (Fsp3) is 0.263. The van der Waals surface area contributed by atoms with Crippen molar-refractivity contribution in [2.45, 2.75) is 26.3 Å². The van der Waals surface area contributed by atoms with Crippen LogP contribution in [0.1, 0.15) is 35.7 Å². The number of para-hydroxylation sites is 1. The molecule has 0 aliphatic carbocycles. The number of hydrogen-bond acceptors (Lipinski definition) is 3. The third kappa shape index (κ3) is 6.20. The maximum absolute atomic E-state index is 13.6. The summed E-state index contributed by atoms with van der Waals surface area (Å²) < 4.78 is 26.4. The normalized spacial score (nSPS) is 10.1. The van der Waals surface area contributed by atoms with Crippen LogP contribution >= 0.6 is 12.4 Å². The molecule has 2 N–H and O–H groups in total. The van der Waals surface area contributed by atoms with E-state index in [0.717, 1.165) is 24.2 Å². The molecule has 26 heavy (non-hydrogen) atoms. The number of halogens is 3. The lowest BCUT2D eigenvalue weighted by molar-refractivity contribution is -0.116. The van der Waals surface area contributed by atoms with Gasteiger partial charge in [0.2, 0.25) is 5.91 Å². The van der Waals surface area contributed by atoms with Crippen molar-refractivity contribution in [1.29, 1.82) is 0 Å². The third-order valence-corrected chi connectivity index (χ3v) is 3.67. The van der Waals surface area contributed by atoms with E-state index in [1.165, 1.54) is 0 Å². The van der Waals surface area contributed by atoms with Gasteiger partial charge in [0.05, 0.1) is 5.56 Å². The summed E-state index contributed by atoms with van der Waals surface area (Å²) in [5.41, 5.74) is 1.41. The summed E-state index contributed by atoms with van der Waals surface area (Å²) in [4.78, 5) is 24.1. The highest BCUT2D eigenvalue weighted by Crippen LogP contribution is 2.16. The van der Waals surface area contributed by atoms with E-state index in [2.05, 4.69) is 10.6 Å². The molecule has 0 aliphatic rings. The molecule has 0 aliphatic heterocycles. The quantitative estimate of drug-likeness (QED) is 0.676. The van der Waals surface area contributed by atoms with Crippen LogP contribution in [0.4, 0.5) is 14.5 Å². The summed E-state index contributed by atoms with van der Waals surface area (Å²) in [6.45, 7) is 3.41. The van der Waals surface area contributed by atoms with Crippen molar-refractivity contribution in [3.8, 4) is 0 Å². The van der Waals surface area contributed by atoms with Gasteiger partial charge < -0.3 is 10.6 Å². The molecule has 0 unspecified atom stereocenters. The molecule has 0 saturated carbocycles. The number of anilines is 1. The summed E-state index contributed by atoms with van der Waals surface area (Å²) in [6.07, 6.45) is -0.227. The predicted octanol–water partition coefficient (Wildman–Crippen LogP) is 4.10. The molecule has 0 heterocycles. The Labute approximate surface area is 157 Å². The molecule has 1 amide bonds. The Balaban J connectivity index is 0.00000338. The second-order valence-electron chi connectivity index (χ2n) is 5.53. The molecule has 0 radical (unpaired) electrons. The van der Waals surface area contributed by atoms with Crippen LogP contribution in [0, 0.1) is 11.6 Å². The largest absolute Gasteiger partial charge is 0.326 e. The van der Waals surface area contributed by atoms with E-state index in [9.17, 15) is 18.4 Å². The second kappa shape index (κ2) is 10.6. The molecule has 0 aromatic heterocycles. The number of amides is 1. The Hall–Kier alpha value is -2.31. The van der Waals surface area contributed by atoms with Crippen LogP contribution < -0.4 is 10.6 Å².